The highest BCUT2D eigenvalue weighted by Crippen LogP contribution is 2.27. The first-order valence-corrected chi connectivity index (χ1v) is 8.65. The Bertz CT molecular complexity index is 781. The summed E-state index contributed by atoms with van der Waals surface area (Å²) in [5, 5.41) is 3.12. The van der Waals surface area contributed by atoms with E-state index in [-0.39, 0.29) is 19.6 Å². The van der Waals surface area contributed by atoms with Gasteiger partial charge in [0.15, 0.2) is 6.61 Å². The predicted molar refractivity (Wildman–Crippen MR) is 102 cm³/mol. The van der Waals surface area contributed by atoms with Gasteiger partial charge in [-0.25, -0.2) is 0 Å². The zero-order valence-corrected chi connectivity index (χ0v) is 15.9. The third-order valence-electron chi connectivity index (χ3n) is 3.72. The molecule has 0 aliphatic carbocycles. The first-order valence-electron chi connectivity index (χ1n) is 8.27. The van der Waals surface area contributed by atoms with Crippen LogP contribution in [0.5, 0.6) is 5.75 Å². The lowest BCUT2D eigenvalue weighted by Gasteiger charge is -2.12. The highest BCUT2D eigenvalue weighted by Gasteiger charge is 2.12. The van der Waals surface area contributed by atoms with Crippen LogP contribution in [0.4, 0.5) is 5.69 Å². The van der Waals surface area contributed by atoms with E-state index in [1.165, 1.54) is 0 Å². The molecule has 0 spiro atoms. The number of carbonyl (C=O) groups excluding carboxylic acids is 2. The zero-order valence-electron chi connectivity index (χ0n) is 15.1. The van der Waals surface area contributed by atoms with Gasteiger partial charge in [0.2, 0.25) is 0 Å². The first kappa shape index (κ1) is 19.8. The molecule has 0 aliphatic rings. The number of aryl methyl sites for hydroxylation is 3. The third-order valence-corrected chi connectivity index (χ3v) is 4.02. The molecule has 1 N–H and O–H groups in total. The van der Waals surface area contributed by atoms with Crippen molar-refractivity contribution in [1.82, 2.24) is 0 Å². The van der Waals surface area contributed by atoms with Crippen molar-refractivity contribution in [2.24, 2.45) is 0 Å². The van der Waals surface area contributed by atoms with Gasteiger partial charge in [-0.2, -0.15) is 0 Å². The first-order chi connectivity index (χ1) is 12.4. The van der Waals surface area contributed by atoms with Crippen molar-refractivity contribution < 1.29 is 19.1 Å². The van der Waals surface area contributed by atoms with Gasteiger partial charge in [0, 0.05) is 0 Å². The van der Waals surface area contributed by atoms with Crippen molar-refractivity contribution in [2.75, 3.05) is 18.5 Å². The van der Waals surface area contributed by atoms with Crippen molar-refractivity contribution in [2.45, 2.75) is 27.2 Å². The largest absolute Gasteiger partial charge is 0.493 e. The van der Waals surface area contributed by atoms with Crippen LogP contribution < -0.4 is 10.1 Å². The molecule has 0 aliphatic heterocycles. The molecule has 0 saturated carbocycles. The van der Waals surface area contributed by atoms with Crippen LogP contribution in [0.25, 0.3) is 0 Å². The van der Waals surface area contributed by atoms with Crippen molar-refractivity contribution in [1.29, 1.82) is 0 Å². The van der Waals surface area contributed by atoms with Gasteiger partial charge in [-0.1, -0.05) is 35.9 Å². The second-order valence-corrected chi connectivity index (χ2v) is 6.42. The van der Waals surface area contributed by atoms with Crippen LogP contribution in [0.1, 0.15) is 23.1 Å². The van der Waals surface area contributed by atoms with Crippen LogP contribution >= 0.6 is 11.6 Å². The minimum absolute atomic E-state index is 0.0614. The number of anilines is 1. The van der Waals surface area contributed by atoms with Gasteiger partial charge >= 0.3 is 5.97 Å². The summed E-state index contributed by atoms with van der Waals surface area (Å²) < 4.78 is 10.5. The van der Waals surface area contributed by atoms with E-state index in [9.17, 15) is 9.59 Å². The van der Waals surface area contributed by atoms with E-state index < -0.39 is 11.9 Å². The third kappa shape index (κ3) is 5.77. The Labute approximate surface area is 158 Å². The SMILES string of the molecule is Cc1cc(C)c(NC(=O)COC(=O)CCOc2ccccc2C)c(Cl)c1. The van der Waals surface area contributed by atoms with Crippen molar-refractivity contribution in [3.05, 3.63) is 58.1 Å². The summed E-state index contributed by atoms with van der Waals surface area (Å²) in [5.41, 5.74) is 3.37. The maximum absolute atomic E-state index is 12.0. The Balaban J connectivity index is 1.75. The molecule has 0 heterocycles. The number of rotatable bonds is 7. The molecule has 0 fully saturated rings. The second-order valence-electron chi connectivity index (χ2n) is 6.01. The molecule has 0 aromatic heterocycles. The molecule has 0 bridgehead atoms. The van der Waals surface area contributed by atoms with E-state index in [1.54, 1.807) is 6.07 Å². The summed E-state index contributed by atoms with van der Waals surface area (Å²) in [6.45, 7) is 5.52. The highest BCUT2D eigenvalue weighted by atomic mass is 35.5. The van der Waals surface area contributed by atoms with Crippen LogP contribution in [0, 0.1) is 20.8 Å². The van der Waals surface area contributed by atoms with Gasteiger partial charge in [-0.05, 0) is 49.6 Å². The molecule has 1 amide bonds. The van der Waals surface area contributed by atoms with E-state index >= 15 is 0 Å². The Hall–Kier alpha value is -2.53. The lowest BCUT2D eigenvalue weighted by molar-refractivity contribution is -0.147. The number of esters is 1. The molecule has 6 heteroatoms. The van der Waals surface area contributed by atoms with Gasteiger partial charge in [0.05, 0.1) is 23.7 Å². The minimum atomic E-state index is -0.500. The summed E-state index contributed by atoms with van der Waals surface area (Å²) in [4.78, 5) is 23.7. The molecular formula is C20H22ClNO4. The number of nitrogens with one attached hydrogen (secondary N) is 1. The Kier molecular flexibility index (Phi) is 7.04. The van der Waals surface area contributed by atoms with E-state index in [1.807, 2.05) is 51.1 Å². The smallest absolute Gasteiger partial charge is 0.309 e. The van der Waals surface area contributed by atoms with Gasteiger partial charge in [0.1, 0.15) is 5.75 Å². The fourth-order valence-corrected chi connectivity index (χ4v) is 2.80. The van der Waals surface area contributed by atoms with Crippen LogP contribution in [-0.2, 0) is 14.3 Å². The minimum Gasteiger partial charge on any atom is -0.493 e. The molecular weight excluding hydrogens is 354 g/mol. The molecule has 2 rings (SSSR count). The number of halogens is 1. The van der Waals surface area contributed by atoms with Crippen molar-refractivity contribution in [3.63, 3.8) is 0 Å². The summed E-state index contributed by atoms with van der Waals surface area (Å²) in [6, 6.07) is 11.2. The number of carbonyl (C=O) groups is 2. The van der Waals surface area contributed by atoms with E-state index in [4.69, 9.17) is 21.1 Å². The number of hydrogen-bond donors (Lipinski definition) is 1. The summed E-state index contributed by atoms with van der Waals surface area (Å²) in [5.74, 6) is -0.213. The van der Waals surface area contributed by atoms with Crippen LogP contribution in [-0.4, -0.2) is 25.1 Å². The lowest BCUT2D eigenvalue weighted by Crippen LogP contribution is -2.22. The zero-order chi connectivity index (χ0) is 19.1. The topological polar surface area (TPSA) is 64.6 Å². The van der Waals surface area contributed by atoms with Crippen LogP contribution in [0.15, 0.2) is 36.4 Å². The molecule has 0 saturated heterocycles. The predicted octanol–water partition coefficient (Wildman–Crippen LogP) is 4.22. The molecule has 5 nitrogen and oxygen atoms in total. The highest BCUT2D eigenvalue weighted by molar-refractivity contribution is 6.34. The summed E-state index contributed by atoms with van der Waals surface area (Å²) in [6.07, 6.45) is 0.0614. The van der Waals surface area contributed by atoms with Gasteiger partial charge in [0.25, 0.3) is 5.91 Å². The lowest BCUT2D eigenvalue weighted by atomic mass is 10.1. The van der Waals surface area contributed by atoms with Gasteiger partial charge in [-0.3, -0.25) is 9.59 Å². The van der Waals surface area contributed by atoms with Gasteiger partial charge in [-0.15, -0.1) is 0 Å². The molecule has 2 aromatic carbocycles. The van der Waals surface area contributed by atoms with E-state index in [2.05, 4.69) is 5.32 Å². The molecule has 26 heavy (non-hydrogen) atoms. The van der Waals surface area contributed by atoms with Crippen LogP contribution in [0.3, 0.4) is 0 Å². The Morgan fingerprint density at radius 1 is 1.08 bits per heavy atom. The van der Waals surface area contributed by atoms with Crippen molar-refractivity contribution in [3.8, 4) is 5.75 Å². The quantitative estimate of drug-likeness (QED) is 0.736. The fraction of sp³-hybridized carbons (Fsp3) is 0.300. The molecule has 2 aromatic rings. The van der Waals surface area contributed by atoms with E-state index in [0.29, 0.717) is 10.7 Å². The maximum Gasteiger partial charge on any atom is 0.309 e. The monoisotopic (exact) mass is 375 g/mol. The number of hydrogen-bond acceptors (Lipinski definition) is 4. The molecule has 0 radical (unpaired) electrons. The normalized spacial score (nSPS) is 10.3. The second kappa shape index (κ2) is 9.25. The number of amides is 1. The molecule has 0 atom stereocenters. The average molecular weight is 376 g/mol. The summed E-state index contributed by atoms with van der Waals surface area (Å²) in [7, 11) is 0. The van der Waals surface area contributed by atoms with Crippen molar-refractivity contribution >= 4 is 29.2 Å². The van der Waals surface area contributed by atoms with Crippen LogP contribution in [0.2, 0.25) is 5.02 Å². The van der Waals surface area contributed by atoms with E-state index in [0.717, 1.165) is 22.4 Å². The number of benzene rings is 2. The number of para-hydroxylation sites is 1. The molecule has 0 unspecified atom stereocenters. The standard InChI is InChI=1S/C20H22ClNO4/c1-13-10-15(3)20(16(21)11-13)22-18(23)12-26-19(24)8-9-25-17-7-5-4-6-14(17)2/h4-7,10-11H,8-9,12H2,1-3H3,(H,22,23). The van der Waals surface area contributed by atoms with Gasteiger partial charge < -0.3 is 14.8 Å². The molecule has 138 valence electrons. The Morgan fingerprint density at radius 2 is 1.81 bits per heavy atom. The maximum atomic E-state index is 12.0. The average Bonchev–Trinajstić information content (AvgIpc) is 2.58. The summed E-state index contributed by atoms with van der Waals surface area (Å²) >= 11 is 6.14. The fourth-order valence-electron chi connectivity index (χ4n) is 2.43. The Morgan fingerprint density at radius 3 is 2.50 bits per heavy atom. The number of ether oxygens (including phenoxy) is 2.